The van der Waals surface area contributed by atoms with Crippen molar-refractivity contribution in [3.8, 4) is 0 Å². The molecule has 1 heterocycles. The van der Waals surface area contributed by atoms with Crippen LogP contribution in [-0.2, 0) is 9.53 Å². The Bertz CT molecular complexity index is 264. The number of rotatable bonds is 8. The molecule has 0 saturated carbocycles. The molecule has 0 spiro atoms. The van der Waals surface area contributed by atoms with E-state index < -0.39 is 0 Å². The van der Waals surface area contributed by atoms with E-state index in [0.29, 0.717) is 11.7 Å². The van der Waals surface area contributed by atoms with Gasteiger partial charge in [0.25, 0.3) is 0 Å². The molecule has 0 N–H and O–H groups in total. The monoisotopic (exact) mass is 269 g/mol. The summed E-state index contributed by atoms with van der Waals surface area (Å²) in [5.74, 6) is 0.988. The third-order valence-electron chi connectivity index (χ3n) is 4.87. The molecule has 3 nitrogen and oxygen atoms in total. The average molecular weight is 269 g/mol. The van der Waals surface area contributed by atoms with Crippen molar-refractivity contribution in [2.24, 2.45) is 5.92 Å². The lowest BCUT2D eigenvalue weighted by Gasteiger charge is -2.42. The van der Waals surface area contributed by atoms with Gasteiger partial charge in [0.15, 0.2) is 5.78 Å². The van der Waals surface area contributed by atoms with Gasteiger partial charge in [0, 0.05) is 19.6 Å². The van der Waals surface area contributed by atoms with Crippen molar-refractivity contribution in [2.75, 3.05) is 26.3 Å². The first-order valence-corrected chi connectivity index (χ1v) is 8.00. The summed E-state index contributed by atoms with van der Waals surface area (Å²) in [4.78, 5) is 15.2. The van der Waals surface area contributed by atoms with E-state index in [0.717, 1.165) is 58.4 Å². The van der Waals surface area contributed by atoms with Crippen LogP contribution in [0.3, 0.4) is 0 Å². The summed E-state index contributed by atoms with van der Waals surface area (Å²) in [5.41, 5.74) is -0.234. The van der Waals surface area contributed by atoms with Crippen molar-refractivity contribution in [3.05, 3.63) is 0 Å². The van der Waals surface area contributed by atoms with Gasteiger partial charge in [-0.15, -0.1) is 0 Å². The normalized spacial score (nSPS) is 17.9. The maximum absolute atomic E-state index is 12.9. The molecule has 1 saturated heterocycles. The number of likely N-dealkylation sites (N-methyl/N-ethyl adjacent to an activating group) is 1. The van der Waals surface area contributed by atoms with E-state index in [2.05, 4.69) is 32.6 Å². The summed E-state index contributed by atoms with van der Waals surface area (Å²) < 4.78 is 5.39. The largest absolute Gasteiger partial charge is 0.381 e. The van der Waals surface area contributed by atoms with Gasteiger partial charge in [0.1, 0.15) is 0 Å². The Balaban J connectivity index is 2.75. The summed E-state index contributed by atoms with van der Waals surface area (Å²) in [6.45, 7) is 12.2. The molecule has 1 aliphatic rings. The van der Waals surface area contributed by atoms with Crippen LogP contribution in [0.2, 0.25) is 0 Å². The van der Waals surface area contributed by atoms with Crippen LogP contribution in [0, 0.1) is 5.92 Å². The second kappa shape index (κ2) is 8.01. The molecule has 0 aromatic rings. The molecule has 0 radical (unpaired) electrons. The molecule has 0 amide bonds. The van der Waals surface area contributed by atoms with Crippen LogP contribution in [0.5, 0.6) is 0 Å². The van der Waals surface area contributed by atoms with Gasteiger partial charge < -0.3 is 4.74 Å². The molecule has 1 fully saturated rings. The molecule has 1 rings (SSSR count). The molecule has 0 aliphatic carbocycles. The Labute approximate surface area is 118 Å². The van der Waals surface area contributed by atoms with Gasteiger partial charge in [0.2, 0.25) is 0 Å². The highest BCUT2D eigenvalue weighted by molar-refractivity contribution is 5.88. The minimum atomic E-state index is -0.234. The minimum Gasteiger partial charge on any atom is -0.381 e. The van der Waals surface area contributed by atoms with Crippen molar-refractivity contribution in [2.45, 2.75) is 65.3 Å². The van der Waals surface area contributed by atoms with Crippen LogP contribution in [-0.4, -0.2) is 42.5 Å². The standard InChI is InChI=1S/C16H31NO2/c1-5-16(6-2,17(7-3)8-4)15(18)13-14-9-11-19-12-10-14/h14H,5-13H2,1-4H3. The fourth-order valence-electron chi connectivity index (χ4n) is 3.50. The Hall–Kier alpha value is -0.410. The highest BCUT2D eigenvalue weighted by Gasteiger charge is 2.39. The number of hydrogen-bond acceptors (Lipinski definition) is 3. The predicted octanol–water partition coefficient (Wildman–Crippen LogP) is 3.27. The molecule has 0 bridgehead atoms. The van der Waals surface area contributed by atoms with Crippen LogP contribution < -0.4 is 0 Å². The predicted molar refractivity (Wildman–Crippen MR) is 79.4 cm³/mol. The van der Waals surface area contributed by atoms with E-state index in [1.54, 1.807) is 0 Å². The second-order valence-electron chi connectivity index (χ2n) is 5.59. The molecule has 1 aliphatic heterocycles. The molecular formula is C16H31NO2. The summed E-state index contributed by atoms with van der Waals surface area (Å²) in [6.07, 6.45) is 4.68. The number of ketones is 1. The van der Waals surface area contributed by atoms with Gasteiger partial charge in [-0.1, -0.05) is 27.7 Å². The fourth-order valence-corrected chi connectivity index (χ4v) is 3.50. The number of carbonyl (C=O) groups excluding carboxylic acids is 1. The Morgan fingerprint density at radius 1 is 1.11 bits per heavy atom. The lowest BCUT2D eigenvalue weighted by molar-refractivity contribution is -0.133. The van der Waals surface area contributed by atoms with Crippen LogP contribution in [0.25, 0.3) is 0 Å². The molecule has 0 aromatic heterocycles. The highest BCUT2D eigenvalue weighted by atomic mass is 16.5. The number of nitrogens with zero attached hydrogens (tertiary/aromatic N) is 1. The zero-order valence-corrected chi connectivity index (χ0v) is 13.2. The maximum Gasteiger partial charge on any atom is 0.153 e. The molecular weight excluding hydrogens is 238 g/mol. The zero-order valence-electron chi connectivity index (χ0n) is 13.2. The summed E-state index contributed by atoms with van der Waals surface area (Å²) in [7, 11) is 0. The van der Waals surface area contributed by atoms with Crippen LogP contribution in [0.15, 0.2) is 0 Å². The fraction of sp³-hybridized carbons (Fsp3) is 0.938. The smallest absolute Gasteiger partial charge is 0.153 e. The maximum atomic E-state index is 12.9. The quantitative estimate of drug-likeness (QED) is 0.677. The molecule has 3 heteroatoms. The topological polar surface area (TPSA) is 29.5 Å². The lowest BCUT2D eigenvalue weighted by Crippen LogP contribution is -2.54. The second-order valence-corrected chi connectivity index (χ2v) is 5.59. The first kappa shape index (κ1) is 16.6. The van der Waals surface area contributed by atoms with Crippen molar-refractivity contribution in [3.63, 3.8) is 0 Å². The summed E-state index contributed by atoms with van der Waals surface area (Å²) in [6, 6.07) is 0. The van der Waals surface area contributed by atoms with Gasteiger partial charge in [-0.2, -0.15) is 0 Å². The SMILES string of the molecule is CCN(CC)C(CC)(CC)C(=O)CC1CCOCC1. The molecule has 0 unspecified atom stereocenters. The van der Waals surface area contributed by atoms with Gasteiger partial charge in [0.05, 0.1) is 5.54 Å². The summed E-state index contributed by atoms with van der Waals surface area (Å²) in [5, 5.41) is 0. The van der Waals surface area contributed by atoms with E-state index in [9.17, 15) is 4.79 Å². The lowest BCUT2D eigenvalue weighted by atomic mass is 9.80. The molecule has 112 valence electrons. The zero-order chi connectivity index (χ0) is 14.3. The van der Waals surface area contributed by atoms with E-state index in [1.807, 2.05) is 0 Å². The number of Topliss-reactive ketones (excluding diaryl/α,β-unsaturated/α-hetero) is 1. The van der Waals surface area contributed by atoms with Gasteiger partial charge >= 0.3 is 0 Å². The van der Waals surface area contributed by atoms with Gasteiger partial charge in [-0.3, -0.25) is 9.69 Å². The highest BCUT2D eigenvalue weighted by Crippen LogP contribution is 2.30. The Morgan fingerprint density at radius 3 is 2.05 bits per heavy atom. The average Bonchev–Trinajstić information content (AvgIpc) is 2.45. The van der Waals surface area contributed by atoms with Gasteiger partial charge in [-0.05, 0) is 44.7 Å². The number of carbonyl (C=O) groups is 1. The summed E-state index contributed by atoms with van der Waals surface area (Å²) >= 11 is 0. The van der Waals surface area contributed by atoms with Crippen molar-refractivity contribution in [1.29, 1.82) is 0 Å². The van der Waals surface area contributed by atoms with Crippen molar-refractivity contribution in [1.82, 2.24) is 4.90 Å². The third kappa shape index (κ3) is 3.79. The Morgan fingerprint density at radius 2 is 1.63 bits per heavy atom. The van der Waals surface area contributed by atoms with E-state index in [1.165, 1.54) is 0 Å². The van der Waals surface area contributed by atoms with Gasteiger partial charge in [-0.25, -0.2) is 0 Å². The molecule has 19 heavy (non-hydrogen) atoms. The van der Waals surface area contributed by atoms with Crippen molar-refractivity contribution >= 4 is 5.78 Å². The minimum absolute atomic E-state index is 0.234. The van der Waals surface area contributed by atoms with Crippen LogP contribution in [0.1, 0.15) is 59.8 Å². The molecule has 0 atom stereocenters. The third-order valence-corrected chi connectivity index (χ3v) is 4.87. The van der Waals surface area contributed by atoms with E-state index >= 15 is 0 Å². The number of ether oxygens (including phenoxy) is 1. The van der Waals surface area contributed by atoms with Crippen LogP contribution in [0.4, 0.5) is 0 Å². The van der Waals surface area contributed by atoms with E-state index in [4.69, 9.17) is 4.74 Å². The number of hydrogen-bond donors (Lipinski definition) is 0. The van der Waals surface area contributed by atoms with Crippen LogP contribution >= 0.6 is 0 Å². The van der Waals surface area contributed by atoms with Crippen molar-refractivity contribution < 1.29 is 9.53 Å². The Kier molecular flexibility index (Phi) is 7.01. The molecule has 0 aromatic carbocycles. The first-order chi connectivity index (χ1) is 9.14. The van der Waals surface area contributed by atoms with E-state index in [-0.39, 0.29) is 5.54 Å². The first-order valence-electron chi connectivity index (χ1n) is 8.00.